The number of carbonyl (C=O) groups is 1. The van der Waals surface area contributed by atoms with Crippen molar-refractivity contribution >= 4 is 5.97 Å². The van der Waals surface area contributed by atoms with Gasteiger partial charge in [0.05, 0.1) is 17.5 Å². The number of esters is 1. The Bertz CT molecular complexity index is 881. The molecule has 6 nitrogen and oxygen atoms in total. The molecule has 0 radical (unpaired) electrons. The van der Waals surface area contributed by atoms with Crippen LogP contribution in [-0.2, 0) is 17.8 Å². The smallest absolute Gasteiger partial charge is 0.338 e. The quantitative estimate of drug-likeness (QED) is 0.652. The van der Waals surface area contributed by atoms with Gasteiger partial charge in [-0.2, -0.15) is 5.10 Å². The van der Waals surface area contributed by atoms with E-state index in [2.05, 4.69) is 20.5 Å². The maximum Gasteiger partial charge on any atom is 0.338 e. The predicted octanol–water partition coefficient (Wildman–Crippen LogP) is 3.72. The lowest BCUT2D eigenvalue weighted by molar-refractivity contribution is 0.00695. The zero-order chi connectivity index (χ0) is 19.3. The molecule has 0 atom stereocenters. The molecule has 0 aliphatic rings. The van der Waals surface area contributed by atoms with Gasteiger partial charge in [-0.15, -0.1) is 0 Å². The van der Waals surface area contributed by atoms with Crippen molar-refractivity contribution in [3.05, 3.63) is 71.7 Å². The molecule has 0 saturated heterocycles. The minimum atomic E-state index is -0.492. The van der Waals surface area contributed by atoms with Gasteiger partial charge in [0.1, 0.15) is 5.60 Å². The predicted molar refractivity (Wildman–Crippen MR) is 104 cm³/mol. The second kappa shape index (κ2) is 8.14. The van der Waals surface area contributed by atoms with E-state index in [9.17, 15) is 4.79 Å². The van der Waals surface area contributed by atoms with E-state index in [1.807, 2.05) is 57.4 Å². The minimum absolute atomic E-state index is 0.304. The number of nitrogens with one attached hydrogen (secondary N) is 2. The van der Waals surface area contributed by atoms with Crippen LogP contribution >= 0.6 is 0 Å². The van der Waals surface area contributed by atoms with Crippen molar-refractivity contribution in [3.63, 3.8) is 0 Å². The molecule has 0 bridgehead atoms. The fraction of sp³-hybridized carbons (Fsp3) is 0.286. The van der Waals surface area contributed by atoms with Gasteiger partial charge in [0.2, 0.25) is 0 Å². The molecule has 2 aromatic heterocycles. The van der Waals surface area contributed by atoms with E-state index < -0.39 is 5.60 Å². The SMILES string of the molecule is CC(C)(C)OC(=O)c1ccc(CNCc2cn[nH]c2-c2cccnc2)cc1. The molecule has 0 fully saturated rings. The van der Waals surface area contributed by atoms with Crippen LogP contribution in [0.1, 0.15) is 42.3 Å². The molecule has 0 aliphatic heterocycles. The van der Waals surface area contributed by atoms with Gasteiger partial charge >= 0.3 is 5.97 Å². The fourth-order valence-electron chi connectivity index (χ4n) is 2.64. The molecule has 0 amide bonds. The van der Waals surface area contributed by atoms with E-state index in [0.29, 0.717) is 18.7 Å². The van der Waals surface area contributed by atoms with E-state index in [1.54, 1.807) is 18.3 Å². The van der Waals surface area contributed by atoms with Gasteiger partial charge in [0, 0.05) is 36.6 Å². The summed E-state index contributed by atoms with van der Waals surface area (Å²) in [6, 6.07) is 11.4. The molecule has 0 aliphatic carbocycles. The maximum atomic E-state index is 12.1. The Morgan fingerprint density at radius 2 is 1.89 bits per heavy atom. The van der Waals surface area contributed by atoms with Crippen LogP contribution in [0.15, 0.2) is 55.0 Å². The summed E-state index contributed by atoms with van der Waals surface area (Å²) in [7, 11) is 0. The van der Waals surface area contributed by atoms with Crippen molar-refractivity contribution in [2.75, 3.05) is 0 Å². The summed E-state index contributed by atoms with van der Waals surface area (Å²) in [5.74, 6) is -0.304. The number of benzene rings is 1. The normalized spacial score (nSPS) is 11.4. The van der Waals surface area contributed by atoms with Crippen molar-refractivity contribution < 1.29 is 9.53 Å². The monoisotopic (exact) mass is 364 g/mol. The maximum absolute atomic E-state index is 12.1. The molecular weight excluding hydrogens is 340 g/mol. The van der Waals surface area contributed by atoms with E-state index in [1.165, 1.54) is 0 Å². The van der Waals surface area contributed by atoms with Crippen LogP contribution in [0.2, 0.25) is 0 Å². The Morgan fingerprint density at radius 3 is 2.56 bits per heavy atom. The highest BCUT2D eigenvalue weighted by Crippen LogP contribution is 2.19. The van der Waals surface area contributed by atoms with Gasteiger partial charge in [0.15, 0.2) is 0 Å². The van der Waals surface area contributed by atoms with Gasteiger partial charge in [-0.3, -0.25) is 10.1 Å². The number of aromatic amines is 1. The summed E-state index contributed by atoms with van der Waals surface area (Å²) in [5.41, 5.74) is 4.21. The largest absolute Gasteiger partial charge is 0.456 e. The summed E-state index contributed by atoms with van der Waals surface area (Å²) in [4.78, 5) is 16.2. The number of nitrogens with zero attached hydrogens (tertiary/aromatic N) is 2. The molecule has 27 heavy (non-hydrogen) atoms. The van der Waals surface area contributed by atoms with Crippen LogP contribution in [0.4, 0.5) is 0 Å². The van der Waals surface area contributed by atoms with Crippen LogP contribution in [0.25, 0.3) is 11.3 Å². The zero-order valence-electron chi connectivity index (χ0n) is 15.8. The first-order valence-corrected chi connectivity index (χ1v) is 8.88. The summed E-state index contributed by atoms with van der Waals surface area (Å²) >= 11 is 0. The first kappa shape index (κ1) is 18.8. The lowest BCUT2D eigenvalue weighted by atomic mass is 10.1. The van der Waals surface area contributed by atoms with Crippen molar-refractivity contribution in [2.45, 2.75) is 39.5 Å². The van der Waals surface area contributed by atoms with Crippen LogP contribution in [-0.4, -0.2) is 26.8 Å². The van der Waals surface area contributed by atoms with Gasteiger partial charge in [0.25, 0.3) is 0 Å². The highest BCUT2D eigenvalue weighted by molar-refractivity contribution is 5.89. The van der Waals surface area contributed by atoms with E-state index in [4.69, 9.17) is 4.74 Å². The molecule has 2 heterocycles. The van der Waals surface area contributed by atoms with Crippen LogP contribution < -0.4 is 5.32 Å². The Balaban J connectivity index is 1.56. The molecule has 0 spiro atoms. The molecule has 3 rings (SSSR count). The Morgan fingerprint density at radius 1 is 1.11 bits per heavy atom. The molecule has 0 unspecified atom stereocenters. The van der Waals surface area contributed by atoms with Gasteiger partial charge < -0.3 is 10.1 Å². The Labute approximate surface area is 159 Å². The number of ether oxygens (including phenoxy) is 1. The first-order valence-electron chi connectivity index (χ1n) is 8.88. The van der Waals surface area contributed by atoms with E-state index >= 15 is 0 Å². The summed E-state index contributed by atoms with van der Waals surface area (Å²) in [6.07, 6.45) is 5.38. The number of hydrogen-bond donors (Lipinski definition) is 2. The highest BCUT2D eigenvalue weighted by Gasteiger charge is 2.17. The number of H-pyrrole nitrogens is 1. The molecule has 0 saturated carbocycles. The number of aromatic nitrogens is 3. The molecular formula is C21H24N4O2. The standard InChI is InChI=1S/C21H24N4O2/c1-21(2,3)27-20(26)16-8-6-15(7-9-16)11-23-13-18-14-24-25-19(18)17-5-4-10-22-12-17/h4-10,12,14,23H,11,13H2,1-3H3,(H,24,25). The second-order valence-electron chi connectivity index (χ2n) is 7.31. The zero-order valence-corrected chi connectivity index (χ0v) is 15.8. The van der Waals surface area contributed by atoms with Crippen molar-refractivity contribution in [2.24, 2.45) is 0 Å². The van der Waals surface area contributed by atoms with Crippen LogP contribution in [0.5, 0.6) is 0 Å². The van der Waals surface area contributed by atoms with Crippen LogP contribution in [0.3, 0.4) is 0 Å². The van der Waals surface area contributed by atoms with Crippen molar-refractivity contribution in [1.29, 1.82) is 0 Å². The number of hydrogen-bond acceptors (Lipinski definition) is 5. The summed E-state index contributed by atoms with van der Waals surface area (Å²) < 4.78 is 5.38. The average molecular weight is 364 g/mol. The molecule has 140 valence electrons. The third-order valence-electron chi connectivity index (χ3n) is 3.90. The molecule has 2 N–H and O–H groups in total. The Hall–Kier alpha value is -2.99. The third-order valence-corrected chi connectivity index (χ3v) is 3.90. The first-order chi connectivity index (χ1) is 12.9. The van der Waals surface area contributed by atoms with Crippen molar-refractivity contribution in [1.82, 2.24) is 20.5 Å². The topological polar surface area (TPSA) is 79.9 Å². The van der Waals surface area contributed by atoms with Gasteiger partial charge in [-0.1, -0.05) is 12.1 Å². The van der Waals surface area contributed by atoms with Gasteiger partial charge in [-0.05, 0) is 50.6 Å². The average Bonchev–Trinajstić information content (AvgIpc) is 3.10. The van der Waals surface area contributed by atoms with E-state index in [-0.39, 0.29) is 5.97 Å². The van der Waals surface area contributed by atoms with Crippen molar-refractivity contribution in [3.8, 4) is 11.3 Å². The second-order valence-corrected chi connectivity index (χ2v) is 7.31. The summed E-state index contributed by atoms with van der Waals surface area (Å²) in [6.45, 7) is 6.94. The fourth-order valence-corrected chi connectivity index (χ4v) is 2.64. The highest BCUT2D eigenvalue weighted by atomic mass is 16.6. The van der Waals surface area contributed by atoms with E-state index in [0.717, 1.165) is 22.4 Å². The summed E-state index contributed by atoms with van der Waals surface area (Å²) in [5, 5.41) is 10.6. The number of carbonyl (C=O) groups excluding carboxylic acids is 1. The number of rotatable bonds is 6. The molecule has 1 aromatic carbocycles. The third kappa shape index (κ3) is 5.24. The molecule has 3 aromatic rings. The van der Waals surface area contributed by atoms with Gasteiger partial charge in [-0.25, -0.2) is 4.79 Å². The lowest BCUT2D eigenvalue weighted by Crippen LogP contribution is -2.23. The Kier molecular flexibility index (Phi) is 5.66. The molecule has 6 heteroatoms. The number of pyridine rings is 1. The van der Waals surface area contributed by atoms with Crippen LogP contribution in [0, 0.1) is 0 Å². The lowest BCUT2D eigenvalue weighted by Gasteiger charge is -2.19. The minimum Gasteiger partial charge on any atom is -0.456 e.